The normalized spacial score (nSPS) is 19.9. The minimum atomic E-state index is -0.388. The average molecular weight is 426 g/mol. The molecule has 31 heavy (non-hydrogen) atoms. The first-order valence-electron chi connectivity index (χ1n) is 11.3. The summed E-state index contributed by atoms with van der Waals surface area (Å²) < 4.78 is 22.6. The minimum absolute atomic E-state index is 0.228. The number of fused-ring (bicyclic) bond motifs is 2. The predicted molar refractivity (Wildman–Crippen MR) is 117 cm³/mol. The summed E-state index contributed by atoms with van der Waals surface area (Å²) in [6.07, 6.45) is 5.59. The van der Waals surface area contributed by atoms with E-state index in [1.807, 2.05) is 24.3 Å². The summed E-state index contributed by atoms with van der Waals surface area (Å²) in [7, 11) is 1.65. The van der Waals surface area contributed by atoms with E-state index in [4.69, 9.17) is 18.9 Å². The van der Waals surface area contributed by atoms with Gasteiger partial charge in [-0.15, -0.1) is 0 Å². The van der Waals surface area contributed by atoms with E-state index in [9.17, 15) is 5.11 Å². The molecule has 0 aromatic heterocycles. The van der Waals surface area contributed by atoms with Gasteiger partial charge < -0.3 is 24.1 Å². The number of methoxy groups -OCH3 is 1. The van der Waals surface area contributed by atoms with Crippen LogP contribution in [-0.4, -0.2) is 37.1 Å². The lowest BCUT2D eigenvalue weighted by atomic mass is 9.82. The van der Waals surface area contributed by atoms with Crippen molar-refractivity contribution in [2.45, 2.75) is 51.3 Å². The summed E-state index contributed by atoms with van der Waals surface area (Å²) in [5.74, 6) is 3.41. The van der Waals surface area contributed by atoms with E-state index in [1.54, 1.807) is 7.11 Å². The summed E-state index contributed by atoms with van der Waals surface area (Å²) in [6, 6.07) is 10.3. The highest BCUT2D eigenvalue weighted by Gasteiger charge is 2.25. The van der Waals surface area contributed by atoms with Gasteiger partial charge in [0.1, 0.15) is 12.4 Å². The van der Waals surface area contributed by atoms with Gasteiger partial charge in [0.15, 0.2) is 11.5 Å². The van der Waals surface area contributed by atoms with Crippen LogP contribution < -0.4 is 18.9 Å². The molecule has 1 aliphatic carbocycles. The van der Waals surface area contributed by atoms with Gasteiger partial charge in [-0.25, -0.2) is 0 Å². The lowest BCUT2D eigenvalue weighted by Gasteiger charge is -2.27. The SMILES string of the molecule is COc1cc(CN2CCOc3ccc(C(O)C4CCCCC4)cc3C2)cc2c1OCO2. The Hall–Kier alpha value is -2.44. The second-order valence-corrected chi connectivity index (χ2v) is 8.80. The average Bonchev–Trinajstić information content (AvgIpc) is 3.19. The van der Waals surface area contributed by atoms with Crippen molar-refractivity contribution in [2.75, 3.05) is 27.1 Å². The topological polar surface area (TPSA) is 60.4 Å². The van der Waals surface area contributed by atoms with Crippen molar-refractivity contribution >= 4 is 0 Å². The first kappa shape index (κ1) is 20.5. The molecule has 0 amide bonds. The van der Waals surface area contributed by atoms with Crippen molar-refractivity contribution in [1.82, 2.24) is 4.90 Å². The van der Waals surface area contributed by atoms with E-state index in [2.05, 4.69) is 11.0 Å². The second kappa shape index (κ2) is 8.97. The van der Waals surface area contributed by atoms with Crippen LogP contribution in [0.1, 0.15) is 54.9 Å². The molecule has 6 heteroatoms. The van der Waals surface area contributed by atoms with Gasteiger partial charge in [-0.1, -0.05) is 25.3 Å². The summed E-state index contributed by atoms with van der Waals surface area (Å²) in [5, 5.41) is 11.0. The molecule has 5 rings (SSSR count). The Kier molecular flexibility index (Phi) is 5.92. The van der Waals surface area contributed by atoms with Gasteiger partial charge in [0.05, 0.1) is 13.2 Å². The number of rotatable bonds is 5. The van der Waals surface area contributed by atoms with Crippen molar-refractivity contribution in [2.24, 2.45) is 5.92 Å². The van der Waals surface area contributed by atoms with Crippen LogP contribution in [0, 0.1) is 5.92 Å². The van der Waals surface area contributed by atoms with Crippen molar-refractivity contribution in [3.63, 3.8) is 0 Å². The summed E-state index contributed by atoms with van der Waals surface area (Å²) in [6.45, 7) is 3.22. The molecular weight excluding hydrogens is 394 g/mol. The number of aliphatic hydroxyl groups is 1. The summed E-state index contributed by atoms with van der Waals surface area (Å²) in [4.78, 5) is 2.36. The zero-order valence-corrected chi connectivity index (χ0v) is 18.1. The van der Waals surface area contributed by atoms with Crippen molar-refractivity contribution < 1.29 is 24.1 Å². The molecule has 1 N–H and O–H groups in total. The molecule has 166 valence electrons. The maximum Gasteiger partial charge on any atom is 0.231 e. The highest BCUT2D eigenvalue weighted by Crippen LogP contribution is 2.42. The molecule has 2 heterocycles. The van der Waals surface area contributed by atoms with Crippen LogP contribution in [-0.2, 0) is 13.1 Å². The molecule has 1 unspecified atom stereocenters. The molecule has 2 aliphatic heterocycles. The highest BCUT2D eigenvalue weighted by molar-refractivity contribution is 5.55. The molecule has 1 fully saturated rings. The number of ether oxygens (including phenoxy) is 4. The largest absolute Gasteiger partial charge is 0.493 e. The monoisotopic (exact) mass is 425 g/mol. The molecule has 2 aromatic carbocycles. The van der Waals surface area contributed by atoms with Gasteiger partial charge in [0, 0.05) is 25.2 Å². The van der Waals surface area contributed by atoms with Gasteiger partial charge in [-0.3, -0.25) is 4.90 Å². The van der Waals surface area contributed by atoms with Crippen molar-refractivity contribution in [1.29, 1.82) is 0 Å². The first-order valence-corrected chi connectivity index (χ1v) is 11.3. The van der Waals surface area contributed by atoms with Gasteiger partial charge in [-0.05, 0) is 54.2 Å². The van der Waals surface area contributed by atoms with Crippen molar-refractivity contribution in [3.8, 4) is 23.0 Å². The molecule has 0 bridgehead atoms. The third-order valence-corrected chi connectivity index (χ3v) is 6.71. The van der Waals surface area contributed by atoms with E-state index < -0.39 is 0 Å². The first-order chi connectivity index (χ1) is 15.2. The van der Waals surface area contributed by atoms with Crippen LogP contribution >= 0.6 is 0 Å². The molecule has 1 saturated carbocycles. The van der Waals surface area contributed by atoms with Gasteiger partial charge in [-0.2, -0.15) is 0 Å². The van der Waals surface area contributed by atoms with Gasteiger partial charge in [0.2, 0.25) is 12.5 Å². The molecule has 6 nitrogen and oxygen atoms in total. The second-order valence-electron chi connectivity index (χ2n) is 8.80. The van der Waals surface area contributed by atoms with Crippen molar-refractivity contribution in [3.05, 3.63) is 47.0 Å². The van der Waals surface area contributed by atoms with E-state index in [1.165, 1.54) is 19.3 Å². The molecule has 0 radical (unpaired) electrons. The molecule has 1 atom stereocenters. The lowest BCUT2D eigenvalue weighted by Crippen LogP contribution is -2.25. The maximum absolute atomic E-state index is 11.0. The Balaban J connectivity index is 1.34. The Bertz CT molecular complexity index is 924. The zero-order chi connectivity index (χ0) is 21.2. The Labute approximate surface area is 183 Å². The number of aliphatic hydroxyl groups excluding tert-OH is 1. The molecular formula is C25H31NO5. The number of benzene rings is 2. The smallest absolute Gasteiger partial charge is 0.231 e. The predicted octanol–water partition coefficient (Wildman–Crippen LogP) is 4.43. The third-order valence-electron chi connectivity index (χ3n) is 6.71. The Morgan fingerprint density at radius 3 is 2.77 bits per heavy atom. The standard InChI is InChI=1S/C25H31NO5/c1-28-22-11-17(12-23-25(22)31-16-30-23)14-26-9-10-29-21-8-7-19(13-20(21)15-26)24(27)18-5-3-2-4-6-18/h7-8,11-13,18,24,27H,2-6,9-10,14-16H2,1H3. The lowest BCUT2D eigenvalue weighted by molar-refractivity contribution is 0.0847. The minimum Gasteiger partial charge on any atom is -0.493 e. The summed E-state index contributed by atoms with van der Waals surface area (Å²) in [5.41, 5.74) is 3.27. The van der Waals surface area contributed by atoms with E-state index in [-0.39, 0.29) is 12.9 Å². The number of hydrogen-bond acceptors (Lipinski definition) is 6. The van der Waals surface area contributed by atoms with E-state index in [0.717, 1.165) is 60.7 Å². The van der Waals surface area contributed by atoms with Crippen LogP contribution in [0.15, 0.2) is 30.3 Å². The Morgan fingerprint density at radius 1 is 1.06 bits per heavy atom. The maximum atomic E-state index is 11.0. The van der Waals surface area contributed by atoms with E-state index in [0.29, 0.717) is 24.0 Å². The van der Waals surface area contributed by atoms with Gasteiger partial charge >= 0.3 is 0 Å². The fraction of sp³-hybridized carbons (Fsp3) is 0.520. The quantitative estimate of drug-likeness (QED) is 0.765. The zero-order valence-electron chi connectivity index (χ0n) is 18.1. The van der Waals surface area contributed by atoms with Crippen LogP contribution in [0.25, 0.3) is 0 Å². The van der Waals surface area contributed by atoms with Crippen LogP contribution in [0.5, 0.6) is 23.0 Å². The van der Waals surface area contributed by atoms with Crippen LogP contribution in [0.4, 0.5) is 0 Å². The van der Waals surface area contributed by atoms with Crippen LogP contribution in [0.2, 0.25) is 0 Å². The molecule has 0 saturated heterocycles. The summed E-state index contributed by atoms with van der Waals surface area (Å²) >= 11 is 0. The fourth-order valence-corrected chi connectivity index (χ4v) is 5.04. The molecule has 0 spiro atoms. The number of hydrogen-bond donors (Lipinski definition) is 1. The van der Waals surface area contributed by atoms with Crippen LogP contribution in [0.3, 0.4) is 0 Å². The van der Waals surface area contributed by atoms with Gasteiger partial charge in [0.25, 0.3) is 0 Å². The third kappa shape index (κ3) is 4.32. The molecule has 2 aromatic rings. The Morgan fingerprint density at radius 2 is 1.94 bits per heavy atom. The highest BCUT2D eigenvalue weighted by atomic mass is 16.7. The van der Waals surface area contributed by atoms with E-state index >= 15 is 0 Å². The molecule has 3 aliphatic rings. The fourth-order valence-electron chi connectivity index (χ4n) is 5.04. The number of nitrogens with zero attached hydrogens (tertiary/aromatic N) is 1.